The van der Waals surface area contributed by atoms with Gasteiger partial charge < -0.3 is 5.11 Å². The third kappa shape index (κ3) is 5.52. The Bertz CT molecular complexity index is 1020. The second kappa shape index (κ2) is 9.99. The van der Waals surface area contributed by atoms with Crippen molar-refractivity contribution in [2.75, 3.05) is 0 Å². The first-order chi connectivity index (χ1) is 14.5. The molecule has 0 spiro atoms. The summed E-state index contributed by atoms with van der Waals surface area (Å²) < 4.78 is 0. The fraction of sp³-hybridized carbons (Fsp3) is 0. The lowest BCUT2D eigenvalue weighted by Crippen LogP contribution is -2.17. The molecule has 3 aromatic rings. The van der Waals surface area contributed by atoms with Crippen LogP contribution in [0.5, 0.6) is 5.75 Å². The van der Waals surface area contributed by atoms with E-state index >= 15 is 0 Å². The van der Waals surface area contributed by atoms with Gasteiger partial charge >= 0.3 is 0 Å². The molecule has 0 atom stereocenters. The number of halogens is 1. The van der Waals surface area contributed by atoms with Gasteiger partial charge in [0.2, 0.25) is 0 Å². The van der Waals surface area contributed by atoms with E-state index in [-0.39, 0.29) is 16.9 Å². The molecule has 8 heteroatoms. The SMILES string of the molecule is O=C(N/N=C/c1cc(Cl)cc(/C=N/NC(=O)c2ccccc2)c1O)c1ccccc1. The average molecular weight is 421 g/mol. The zero-order valence-electron chi connectivity index (χ0n) is 15.6. The first-order valence-corrected chi connectivity index (χ1v) is 9.22. The van der Waals surface area contributed by atoms with Crippen molar-refractivity contribution in [3.63, 3.8) is 0 Å². The van der Waals surface area contributed by atoms with E-state index in [9.17, 15) is 14.7 Å². The van der Waals surface area contributed by atoms with Gasteiger partial charge in [0, 0.05) is 27.3 Å². The summed E-state index contributed by atoms with van der Waals surface area (Å²) in [6, 6.07) is 20.1. The van der Waals surface area contributed by atoms with E-state index in [0.29, 0.717) is 16.1 Å². The Balaban J connectivity index is 1.68. The van der Waals surface area contributed by atoms with Crippen molar-refractivity contribution >= 4 is 35.8 Å². The number of hydrogen-bond acceptors (Lipinski definition) is 5. The monoisotopic (exact) mass is 420 g/mol. The summed E-state index contributed by atoms with van der Waals surface area (Å²) >= 11 is 6.09. The largest absolute Gasteiger partial charge is 0.507 e. The molecule has 3 N–H and O–H groups in total. The van der Waals surface area contributed by atoms with Crippen LogP contribution in [-0.4, -0.2) is 29.4 Å². The molecule has 30 heavy (non-hydrogen) atoms. The number of aromatic hydroxyl groups is 1. The molecule has 0 fully saturated rings. The second-order valence-electron chi connectivity index (χ2n) is 6.06. The van der Waals surface area contributed by atoms with Gasteiger partial charge in [0.05, 0.1) is 12.4 Å². The summed E-state index contributed by atoms with van der Waals surface area (Å²) in [6.45, 7) is 0. The summed E-state index contributed by atoms with van der Waals surface area (Å²) in [6.07, 6.45) is 2.53. The van der Waals surface area contributed by atoms with Gasteiger partial charge in [0.25, 0.3) is 11.8 Å². The van der Waals surface area contributed by atoms with Crippen molar-refractivity contribution < 1.29 is 14.7 Å². The number of hydrazone groups is 2. The van der Waals surface area contributed by atoms with Crippen LogP contribution in [0, 0.1) is 0 Å². The number of phenolic OH excluding ortho intramolecular Hbond substituents is 1. The molecule has 0 aliphatic rings. The number of phenols is 1. The highest BCUT2D eigenvalue weighted by Gasteiger charge is 2.08. The van der Waals surface area contributed by atoms with Crippen LogP contribution < -0.4 is 10.9 Å². The van der Waals surface area contributed by atoms with Crippen LogP contribution in [0.15, 0.2) is 83.0 Å². The number of carbonyl (C=O) groups is 2. The van der Waals surface area contributed by atoms with Gasteiger partial charge in [-0.05, 0) is 36.4 Å². The van der Waals surface area contributed by atoms with Gasteiger partial charge in [0.15, 0.2) is 0 Å². The maximum absolute atomic E-state index is 12.0. The van der Waals surface area contributed by atoms with Gasteiger partial charge in [-0.3, -0.25) is 9.59 Å². The molecule has 0 saturated heterocycles. The summed E-state index contributed by atoms with van der Waals surface area (Å²) in [5.41, 5.74) is 6.19. The quantitative estimate of drug-likeness (QED) is 0.419. The number of rotatable bonds is 6. The van der Waals surface area contributed by atoms with E-state index in [2.05, 4.69) is 21.1 Å². The van der Waals surface area contributed by atoms with Crippen molar-refractivity contribution in [1.82, 2.24) is 10.9 Å². The number of carbonyl (C=O) groups excluding carboxylic acids is 2. The van der Waals surface area contributed by atoms with E-state index < -0.39 is 11.8 Å². The highest BCUT2D eigenvalue weighted by atomic mass is 35.5. The Morgan fingerprint density at radius 3 is 1.57 bits per heavy atom. The molecule has 0 bridgehead atoms. The van der Waals surface area contributed by atoms with E-state index in [1.165, 1.54) is 24.6 Å². The summed E-state index contributed by atoms with van der Waals surface area (Å²) in [7, 11) is 0. The van der Waals surface area contributed by atoms with Crippen LogP contribution in [0.2, 0.25) is 5.02 Å². The zero-order chi connectivity index (χ0) is 21.3. The van der Waals surface area contributed by atoms with E-state index in [1.54, 1.807) is 60.7 Å². The topological polar surface area (TPSA) is 103 Å². The van der Waals surface area contributed by atoms with E-state index in [4.69, 9.17) is 11.6 Å². The lowest BCUT2D eigenvalue weighted by atomic mass is 10.1. The second-order valence-corrected chi connectivity index (χ2v) is 6.50. The predicted octanol–water partition coefficient (Wildman–Crippen LogP) is 3.57. The maximum Gasteiger partial charge on any atom is 0.271 e. The summed E-state index contributed by atoms with van der Waals surface area (Å²) in [5, 5.41) is 18.4. The molecule has 0 aromatic heterocycles. The first-order valence-electron chi connectivity index (χ1n) is 8.84. The van der Waals surface area contributed by atoms with Crippen LogP contribution in [0.25, 0.3) is 0 Å². The molecule has 0 aliphatic heterocycles. The zero-order valence-corrected chi connectivity index (χ0v) is 16.4. The lowest BCUT2D eigenvalue weighted by Gasteiger charge is -2.05. The predicted molar refractivity (Wildman–Crippen MR) is 116 cm³/mol. The Labute approximate surface area is 177 Å². The molecule has 0 saturated carbocycles. The molecule has 3 aromatic carbocycles. The minimum absolute atomic E-state index is 0.158. The molecular weight excluding hydrogens is 404 g/mol. The Morgan fingerprint density at radius 1 is 0.767 bits per heavy atom. The van der Waals surface area contributed by atoms with Crippen molar-refractivity contribution in [2.24, 2.45) is 10.2 Å². The minimum atomic E-state index is -0.390. The third-order valence-electron chi connectivity index (χ3n) is 3.95. The Morgan fingerprint density at radius 2 is 1.17 bits per heavy atom. The van der Waals surface area contributed by atoms with E-state index in [1.807, 2.05) is 0 Å². The van der Waals surface area contributed by atoms with Crippen LogP contribution in [0.4, 0.5) is 0 Å². The van der Waals surface area contributed by atoms with Gasteiger partial charge in [-0.1, -0.05) is 48.0 Å². The molecule has 0 heterocycles. The smallest absolute Gasteiger partial charge is 0.271 e. The Hall–Kier alpha value is -3.97. The highest BCUT2D eigenvalue weighted by molar-refractivity contribution is 6.31. The van der Waals surface area contributed by atoms with Crippen molar-refractivity contribution in [3.8, 4) is 5.75 Å². The molecule has 150 valence electrons. The molecule has 0 radical (unpaired) electrons. The van der Waals surface area contributed by atoms with Crippen LogP contribution in [-0.2, 0) is 0 Å². The standard InChI is InChI=1S/C22H17ClN4O3/c23-19-11-17(13-24-26-21(29)15-7-3-1-4-8-15)20(28)18(12-19)14-25-27-22(30)16-9-5-2-6-10-16/h1-14,28H,(H,26,29)(H,27,30)/b24-13+,25-14+. The molecule has 2 amide bonds. The van der Waals surface area contributed by atoms with Crippen LogP contribution >= 0.6 is 11.6 Å². The fourth-order valence-electron chi connectivity index (χ4n) is 2.47. The summed E-state index contributed by atoms with van der Waals surface area (Å²) in [5.74, 6) is -0.938. The molecule has 7 nitrogen and oxygen atoms in total. The normalized spacial score (nSPS) is 11.0. The summed E-state index contributed by atoms with van der Waals surface area (Å²) in [4.78, 5) is 24.0. The van der Waals surface area contributed by atoms with Crippen LogP contribution in [0.3, 0.4) is 0 Å². The minimum Gasteiger partial charge on any atom is -0.507 e. The van der Waals surface area contributed by atoms with E-state index in [0.717, 1.165) is 0 Å². The lowest BCUT2D eigenvalue weighted by molar-refractivity contribution is 0.0947. The molecule has 0 unspecified atom stereocenters. The molecule has 3 rings (SSSR count). The Kier molecular flexibility index (Phi) is 6.91. The van der Waals surface area contributed by atoms with Gasteiger partial charge in [-0.15, -0.1) is 0 Å². The van der Waals surface area contributed by atoms with Crippen molar-refractivity contribution in [2.45, 2.75) is 0 Å². The van der Waals surface area contributed by atoms with Gasteiger partial charge in [0.1, 0.15) is 5.75 Å². The number of benzene rings is 3. The molecular formula is C22H17ClN4O3. The van der Waals surface area contributed by atoms with Gasteiger partial charge in [-0.2, -0.15) is 10.2 Å². The first kappa shape index (κ1) is 20.8. The number of hydrogen-bond donors (Lipinski definition) is 3. The van der Waals surface area contributed by atoms with Crippen LogP contribution in [0.1, 0.15) is 31.8 Å². The number of amides is 2. The van der Waals surface area contributed by atoms with Crippen molar-refractivity contribution in [3.05, 3.63) is 100 Å². The van der Waals surface area contributed by atoms with Gasteiger partial charge in [-0.25, -0.2) is 10.9 Å². The fourth-order valence-corrected chi connectivity index (χ4v) is 2.70. The number of nitrogens with one attached hydrogen (secondary N) is 2. The third-order valence-corrected chi connectivity index (χ3v) is 4.16. The molecule has 0 aliphatic carbocycles. The number of nitrogens with zero attached hydrogens (tertiary/aromatic N) is 2. The highest BCUT2D eigenvalue weighted by Crippen LogP contribution is 2.24. The maximum atomic E-state index is 12.0. The van der Waals surface area contributed by atoms with Crippen molar-refractivity contribution in [1.29, 1.82) is 0 Å². The average Bonchev–Trinajstić information content (AvgIpc) is 2.77.